The Morgan fingerprint density at radius 3 is 2.76 bits per heavy atom. The number of rotatable bonds is 4. The Morgan fingerprint density at radius 1 is 1.10 bits per heavy atom. The minimum atomic E-state index is -0.248. The summed E-state index contributed by atoms with van der Waals surface area (Å²) in [5.74, 6) is 0.463. The Labute approximate surface area is 123 Å². The summed E-state index contributed by atoms with van der Waals surface area (Å²) in [5.41, 5.74) is 3.86. The van der Waals surface area contributed by atoms with E-state index >= 15 is 0 Å². The Morgan fingerprint density at radius 2 is 1.95 bits per heavy atom. The molecule has 21 heavy (non-hydrogen) atoms. The third-order valence-corrected chi connectivity index (χ3v) is 3.57. The molecule has 0 aliphatic carbocycles. The predicted octanol–water partition coefficient (Wildman–Crippen LogP) is 4.66. The molecule has 0 fully saturated rings. The van der Waals surface area contributed by atoms with Crippen molar-refractivity contribution in [2.45, 2.75) is 20.4 Å². The van der Waals surface area contributed by atoms with Crippen LogP contribution in [0.3, 0.4) is 0 Å². The number of fused-ring (bicyclic) bond motifs is 1. The van der Waals surface area contributed by atoms with Gasteiger partial charge in [-0.2, -0.15) is 0 Å². The van der Waals surface area contributed by atoms with Crippen LogP contribution >= 0.6 is 0 Å². The lowest BCUT2D eigenvalue weighted by atomic mass is 10.0. The third-order valence-electron chi connectivity index (χ3n) is 3.57. The quantitative estimate of drug-likeness (QED) is 0.753. The van der Waals surface area contributed by atoms with Gasteiger partial charge in [0.2, 0.25) is 0 Å². The Hall–Kier alpha value is -2.13. The Bertz CT molecular complexity index is 776. The van der Waals surface area contributed by atoms with Gasteiger partial charge in [-0.15, -0.1) is 0 Å². The van der Waals surface area contributed by atoms with Crippen molar-refractivity contribution >= 4 is 11.0 Å². The van der Waals surface area contributed by atoms with E-state index in [-0.39, 0.29) is 5.82 Å². The highest BCUT2D eigenvalue weighted by Crippen LogP contribution is 2.31. The van der Waals surface area contributed by atoms with Gasteiger partial charge in [-0.1, -0.05) is 24.6 Å². The van der Waals surface area contributed by atoms with Crippen LogP contribution in [0, 0.1) is 12.7 Å². The van der Waals surface area contributed by atoms with Crippen molar-refractivity contribution in [1.29, 1.82) is 0 Å². The van der Waals surface area contributed by atoms with E-state index in [2.05, 4.69) is 11.4 Å². The monoisotopic (exact) mass is 283 g/mol. The van der Waals surface area contributed by atoms with Crippen molar-refractivity contribution in [1.82, 2.24) is 5.32 Å². The van der Waals surface area contributed by atoms with Crippen LogP contribution in [0.2, 0.25) is 0 Å². The molecule has 0 unspecified atom stereocenters. The van der Waals surface area contributed by atoms with E-state index in [1.165, 1.54) is 17.7 Å². The summed E-state index contributed by atoms with van der Waals surface area (Å²) in [4.78, 5) is 0. The minimum absolute atomic E-state index is 0.248. The first-order chi connectivity index (χ1) is 10.2. The number of benzene rings is 2. The van der Waals surface area contributed by atoms with Crippen LogP contribution in [0.5, 0.6) is 0 Å². The number of halogens is 1. The van der Waals surface area contributed by atoms with Gasteiger partial charge in [0, 0.05) is 17.5 Å². The number of nitrogens with one attached hydrogen (secondary N) is 1. The highest BCUT2D eigenvalue weighted by atomic mass is 19.1. The fourth-order valence-corrected chi connectivity index (χ4v) is 2.49. The zero-order valence-corrected chi connectivity index (χ0v) is 12.2. The van der Waals surface area contributed by atoms with Crippen LogP contribution in [0.25, 0.3) is 22.3 Å². The molecule has 2 nitrogen and oxygen atoms in total. The van der Waals surface area contributed by atoms with Crippen LogP contribution in [-0.2, 0) is 6.54 Å². The first-order valence-corrected chi connectivity index (χ1v) is 7.17. The van der Waals surface area contributed by atoms with Crippen molar-refractivity contribution in [3.63, 3.8) is 0 Å². The maximum atomic E-state index is 13.6. The zero-order valence-electron chi connectivity index (χ0n) is 12.2. The molecule has 2 aromatic carbocycles. The first-order valence-electron chi connectivity index (χ1n) is 7.17. The SMILES string of the molecule is CCNCc1ccc(F)cc1-c1cc2cc(C)ccc2o1. The van der Waals surface area contributed by atoms with Gasteiger partial charge in [0.05, 0.1) is 0 Å². The molecule has 0 spiro atoms. The standard InChI is InChI=1S/C18H18FNO/c1-3-20-11-13-5-6-15(19)10-16(13)18-9-14-8-12(2)4-7-17(14)21-18/h4-10,20H,3,11H2,1-2H3. The third kappa shape index (κ3) is 2.83. The predicted molar refractivity (Wildman–Crippen MR) is 83.7 cm³/mol. The zero-order chi connectivity index (χ0) is 14.8. The smallest absolute Gasteiger partial charge is 0.135 e. The van der Waals surface area contributed by atoms with Crippen molar-refractivity contribution in [3.8, 4) is 11.3 Å². The number of furan rings is 1. The van der Waals surface area contributed by atoms with Crippen LogP contribution in [-0.4, -0.2) is 6.54 Å². The molecule has 1 heterocycles. The normalized spacial score (nSPS) is 11.2. The lowest BCUT2D eigenvalue weighted by molar-refractivity contribution is 0.614. The maximum Gasteiger partial charge on any atom is 0.135 e. The molecule has 0 radical (unpaired) electrons. The van der Waals surface area contributed by atoms with Gasteiger partial charge in [-0.3, -0.25) is 0 Å². The summed E-state index contributed by atoms with van der Waals surface area (Å²) in [6, 6.07) is 12.9. The molecule has 108 valence electrons. The number of hydrogen-bond acceptors (Lipinski definition) is 2. The highest BCUT2D eigenvalue weighted by molar-refractivity contribution is 5.84. The topological polar surface area (TPSA) is 25.2 Å². The lowest BCUT2D eigenvalue weighted by Crippen LogP contribution is -2.12. The van der Waals surface area contributed by atoms with Gasteiger partial charge in [-0.05, 0) is 49.4 Å². The van der Waals surface area contributed by atoms with Crippen LogP contribution < -0.4 is 5.32 Å². The van der Waals surface area contributed by atoms with E-state index in [1.807, 2.05) is 38.1 Å². The molecule has 3 rings (SSSR count). The molecular weight excluding hydrogens is 265 g/mol. The van der Waals surface area contributed by atoms with Crippen LogP contribution in [0.15, 0.2) is 46.9 Å². The average molecular weight is 283 g/mol. The molecular formula is C18H18FNO. The van der Waals surface area contributed by atoms with E-state index in [0.717, 1.165) is 28.6 Å². The van der Waals surface area contributed by atoms with Crippen molar-refractivity contribution in [2.75, 3.05) is 6.54 Å². The second-order valence-corrected chi connectivity index (χ2v) is 5.23. The second kappa shape index (κ2) is 5.70. The molecule has 1 N–H and O–H groups in total. The van der Waals surface area contributed by atoms with Gasteiger partial charge >= 0.3 is 0 Å². The summed E-state index contributed by atoms with van der Waals surface area (Å²) in [6.07, 6.45) is 0. The summed E-state index contributed by atoms with van der Waals surface area (Å²) < 4.78 is 19.5. The molecule has 0 aliphatic heterocycles. The summed E-state index contributed by atoms with van der Waals surface area (Å²) in [5, 5.41) is 4.32. The van der Waals surface area contributed by atoms with Gasteiger partial charge in [-0.25, -0.2) is 4.39 Å². The lowest BCUT2D eigenvalue weighted by Gasteiger charge is -2.08. The van der Waals surface area contributed by atoms with E-state index in [4.69, 9.17) is 4.42 Å². The molecule has 0 bridgehead atoms. The Balaban J connectivity index is 2.10. The molecule has 0 amide bonds. The van der Waals surface area contributed by atoms with Gasteiger partial charge in [0.25, 0.3) is 0 Å². The van der Waals surface area contributed by atoms with E-state index < -0.39 is 0 Å². The van der Waals surface area contributed by atoms with Crippen molar-refractivity contribution in [2.24, 2.45) is 0 Å². The summed E-state index contributed by atoms with van der Waals surface area (Å²) >= 11 is 0. The number of hydrogen-bond donors (Lipinski definition) is 1. The maximum absolute atomic E-state index is 13.6. The van der Waals surface area contributed by atoms with Crippen molar-refractivity contribution in [3.05, 3.63) is 59.4 Å². The van der Waals surface area contributed by atoms with E-state index in [0.29, 0.717) is 12.3 Å². The second-order valence-electron chi connectivity index (χ2n) is 5.23. The molecule has 0 saturated carbocycles. The van der Waals surface area contributed by atoms with Crippen molar-refractivity contribution < 1.29 is 8.81 Å². The molecule has 3 heteroatoms. The Kier molecular flexibility index (Phi) is 3.76. The molecule has 1 aromatic heterocycles. The van der Waals surface area contributed by atoms with Gasteiger partial charge in [0.1, 0.15) is 17.2 Å². The fraction of sp³-hybridized carbons (Fsp3) is 0.222. The van der Waals surface area contributed by atoms with Gasteiger partial charge in [0.15, 0.2) is 0 Å². The van der Waals surface area contributed by atoms with E-state index in [1.54, 1.807) is 0 Å². The largest absolute Gasteiger partial charge is 0.456 e. The molecule has 3 aromatic rings. The minimum Gasteiger partial charge on any atom is -0.456 e. The first kappa shape index (κ1) is 13.8. The summed E-state index contributed by atoms with van der Waals surface area (Å²) in [6.45, 7) is 5.66. The molecule has 0 saturated heterocycles. The highest BCUT2D eigenvalue weighted by Gasteiger charge is 2.12. The van der Waals surface area contributed by atoms with Gasteiger partial charge < -0.3 is 9.73 Å². The summed E-state index contributed by atoms with van der Waals surface area (Å²) in [7, 11) is 0. The average Bonchev–Trinajstić information content (AvgIpc) is 2.88. The molecule has 0 atom stereocenters. The number of aryl methyl sites for hydroxylation is 1. The molecule has 0 aliphatic rings. The van der Waals surface area contributed by atoms with E-state index in [9.17, 15) is 4.39 Å². The fourth-order valence-electron chi connectivity index (χ4n) is 2.49. The van der Waals surface area contributed by atoms with Crippen LogP contribution in [0.4, 0.5) is 4.39 Å². The van der Waals surface area contributed by atoms with Crippen LogP contribution in [0.1, 0.15) is 18.1 Å².